The Kier molecular flexibility index (Phi) is 6.69. The van der Waals surface area contributed by atoms with Crippen LogP contribution in [0.2, 0.25) is 5.02 Å². The molecule has 9 heteroatoms. The smallest absolute Gasteiger partial charge is 0.335 e. The maximum absolute atomic E-state index is 12.3. The van der Waals surface area contributed by atoms with Gasteiger partial charge in [0.25, 0.3) is 0 Å². The summed E-state index contributed by atoms with van der Waals surface area (Å²) in [6.45, 7) is 4.25. The first kappa shape index (κ1) is 20.6. The highest BCUT2D eigenvalue weighted by atomic mass is 35.5. The summed E-state index contributed by atoms with van der Waals surface area (Å²) in [5, 5.41) is 21.3. The number of aromatic carboxylic acids is 1. The van der Waals surface area contributed by atoms with Crippen LogP contribution in [0.3, 0.4) is 0 Å². The summed E-state index contributed by atoms with van der Waals surface area (Å²) in [6, 6.07) is 13.3. The van der Waals surface area contributed by atoms with E-state index in [2.05, 4.69) is 22.1 Å². The number of carbonyl (C=O) groups is 2. The molecule has 0 fully saturated rings. The standard InChI is InChI=1S/C20H17ClN4O3S/c1-2-10-25-18(13-6-8-15(21)9-7-13)23-24-20(25)29-12-17(26)22-16-5-3-4-14(11-16)19(27)28/h2-9,11H,1,10,12H2,(H,22,26)(H,27,28). The zero-order valence-electron chi connectivity index (χ0n) is 15.2. The van der Waals surface area contributed by atoms with E-state index in [1.807, 2.05) is 16.7 Å². The first-order valence-corrected chi connectivity index (χ1v) is 9.90. The first-order valence-electron chi connectivity index (χ1n) is 8.54. The minimum absolute atomic E-state index is 0.0905. The van der Waals surface area contributed by atoms with Crippen LogP contribution in [0.25, 0.3) is 11.4 Å². The van der Waals surface area contributed by atoms with Crippen molar-refractivity contribution in [1.29, 1.82) is 0 Å². The van der Waals surface area contributed by atoms with Crippen molar-refractivity contribution < 1.29 is 14.7 Å². The Balaban J connectivity index is 1.70. The molecule has 0 unspecified atom stereocenters. The number of thioether (sulfide) groups is 1. The van der Waals surface area contributed by atoms with E-state index in [4.69, 9.17) is 16.7 Å². The first-order chi connectivity index (χ1) is 14.0. The normalized spacial score (nSPS) is 10.5. The third kappa shape index (κ3) is 5.24. The van der Waals surface area contributed by atoms with Crippen molar-refractivity contribution in [2.45, 2.75) is 11.7 Å². The lowest BCUT2D eigenvalue weighted by Crippen LogP contribution is -2.15. The van der Waals surface area contributed by atoms with Crippen molar-refractivity contribution in [3.63, 3.8) is 0 Å². The van der Waals surface area contributed by atoms with Gasteiger partial charge in [-0.25, -0.2) is 4.79 Å². The zero-order valence-corrected chi connectivity index (χ0v) is 16.8. The number of nitrogens with one attached hydrogen (secondary N) is 1. The van der Waals surface area contributed by atoms with Crippen molar-refractivity contribution in [1.82, 2.24) is 14.8 Å². The Morgan fingerprint density at radius 1 is 1.21 bits per heavy atom. The fourth-order valence-corrected chi connectivity index (χ4v) is 3.43. The summed E-state index contributed by atoms with van der Waals surface area (Å²) in [6.07, 6.45) is 1.73. The van der Waals surface area contributed by atoms with E-state index < -0.39 is 5.97 Å². The molecule has 0 saturated carbocycles. The molecule has 3 rings (SSSR count). The van der Waals surface area contributed by atoms with Crippen molar-refractivity contribution in [2.75, 3.05) is 11.1 Å². The molecule has 0 saturated heterocycles. The van der Waals surface area contributed by atoms with Gasteiger partial charge in [0.1, 0.15) is 0 Å². The minimum atomic E-state index is -1.05. The molecule has 7 nitrogen and oxygen atoms in total. The highest BCUT2D eigenvalue weighted by molar-refractivity contribution is 7.99. The van der Waals surface area contributed by atoms with Crippen molar-refractivity contribution in [2.24, 2.45) is 0 Å². The number of amides is 1. The molecule has 148 valence electrons. The Hall–Kier alpha value is -3.10. The number of rotatable bonds is 8. The molecule has 0 spiro atoms. The van der Waals surface area contributed by atoms with Crippen LogP contribution in [0.1, 0.15) is 10.4 Å². The number of allylic oxidation sites excluding steroid dienone is 1. The van der Waals surface area contributed by atoms with E-state index in [0.29, 0.717) is 28.2 Å². The molecular weight excluding hydrogens is 412 g/mol. The van der Waals surface area contributed by atoms with Gasteiger partial charge < -0.3 is 10.4 Å². The quantitative estimate of drug-likeness (QED) is 0.412. The highest BCUT2D eigenvalue weighted by Crippen LogP contribution is 2.25. The van der Waals surface area contributed by atoms with Crippen LogP contribution in [0.15, 0.2) is 66.3 Å². The van der Waals surface area contributed by atoms with Crippen molar-refractivity contribution >= 4 is 40.9 Å². The maximum Gasteiger partial charge on any atom is 0.335 e. The van der Waals surface area contributed by atoms with Gasteiger partial charge >= 0.3 is 5.97 Å². The lowest BCUT2D eigenvalue weighted by molar-refractivity contribution is -0.113. The number of carboxylic acid groups (broad SMARTS) is 1. The van der Waals surface area contributed by atoms with Gasteiger partial charge in [0.05, 0.1) is 11.3 Å². The topological polar surface area (TPSA) is 97.1 Å². The van der Waals surface area contributed by atoms with Crippen LogP contribution in [0.4, 0.5) is 5.69 Å². The van der Waals surface area contributed by atoms with Crippen LogP contribution in [-0.4, -0.2) is 37.5 Å². The minimum Gasteiger partial charge on any atom is -0.478 e. The van der Waals surface area contributed by atoms with Gasteiger partial charge in [-0.3, -0.25) is 9.36 Å². The van der Waals surface area contributed by atoms with Gasteiger partial charge in [0.15, 0.2) is 11.0 Å². The average molecular weight is 429 g/mol. The highest BCUT2D eigenvalue weighted by Gasteiger charge is 2.15. The third-order valence-corrected chi connectivity index (χ3v) is 5.08. The van der Waals surface area contributed by atoms with E-state index in [1.165, 1.54) is 23.9 Å². The van der Waals surface area contributed by atoms with Crippen LogP contribution in [-0.2, 0) is 11.3 Å². The number of carboxylic acids is 1. The lowest BCUT2D eigenvalue weighted by Gasteiger charge is -2.08. The van der Waals surface area contributed by atoms with E-state index in [-0.39, 0.29) is 17.2 Å². The number of aromatic nitrogens is 3. The number of benzene rings is 2. The fraction of sp³-hybridized carbons (Fsp3) is 0.100. The Morgan fingerprint density at radius 3 is 2.66 bits per heavy atom. The Bertz CT molecular complexity index is 1050. The van der Waals surface area contributed by atoms with Crippen LogP contribution >= 0.6 is 23.4 Å². The fourth-order valence-electron chi connectivity index (χ4n) is 2.56. The van der Waals surface area contributed by atoms with Gasteiger partial charge in [0, 0.05) is 22.8 Å². The molecule has 29 heavy (non-hydrogen) atoms. The van der Waals surface area contributed by atoms with E-state index in [9.17, 15) is 9.59 Å². The number of anilines is 1. The second kappa shape index (κ2) is 9.40. The molecule has 2 aromatic carbocycles. The summed E-state index contributed by atoms with van der Waals surface area (Å²) in [5.74, 6) is -0.590. The van der Waals surface area contributed by atoms with Crippen molar-refractivity contribution in [3.8, 4) is 11.4 Å². The van der Waals surface area contributed by atoms with E-state index in [0.717, 1.165) is 5.56 Å². The van der Waals surface area contributed by atoms with Gasteiger partial charge in [0.2, 0.25) is 5.91 Å². The maximum atomic E-state index is 12.3. The second-order valence-electron chi connectivity index (χ2n) is 5.94. The second-order valence-corrected chi connectivity index (χ2v) is 7.31. The molecule has 0 atom stereocenters. The Labute approximate surface area is 176 Å². The monoisotopic (exact) mass is 428 g/mol. The predicted octanol–water partition coefficient (Wildman–Crippen LogP) is 4.21. The largest absolute Gasteiger partial charge is 0.478 e. The van der Waals surface area contributed by atoms with Gasteiger partial charge in [-0.1, -0.05) is 35.5 Å². The number of halogens is 1. The predicted molar refractivity (Wildman–Crippen MR) is 113 cm³/mol. The van der Waals surface area contributed by atoms with Gasteiger partial charge in [-0.05, 0) is 42.5 Å². The summed E-state index contributed by atoms with van der Waals surface area (Å²) in [7, 11) is 0. The molecule has 0 radical (unpaired) electrons. The van der Waals surface area contributed by atoms with Crippen LogP contribution < -0.4 is 5.32 Å². The summed E-state index contributed by atoms with van der Waals surface area (Å²) < 4.78 is 1.86. The Morgan fingerprint density at radius 2 is 1.97 bits per heavy atom. The molecule has 1 amide bonds. The molecule has 0 aliphatic heterocycles. The molecule has 2 N–H and O–H groups in total. The molecule has 3 aromatic rings. The molecular formula is C20H17ClN4O3S. The third-order valence-electron chi connectivity index (χ3n) is 3.86. The zero-order chi connectivity index (χ0) is 20.8. The summed E-state index contributed by atoms with van der Waals surface area (Å²) in [4.78, 5) is 23.3. The summed E-state index contributed by atoms with van der Waals surface area (Å²) in [5.41, 5.74) is 1.38. The van der Waals surface area contributed by atoms with Gasteiger partial charge in [-0.15, -0.1) is 16.8 Å². The lowest BCUT2D eigenvalue weighted by atomic mass is 10.2. The SMILES string of the molecule is C=CCn1c(SCC(=O)Nc2cccc(C(=O)O)c2)nnc1-c1ccc(Cl)cc1. The average Bonchev–Trinajstić information content (AvgIpc) is 3.10. The number of nitrogens with zero attached hydrogens (tertiary/aromatic N) is 3. The number of carbonyl (C=O) groups excluding carboxylic acids is 1. The van der Waals surface area contributed by atoms with E-state index >= 15 is 0 Å². The molecule has 0 aliphatic carbocycles. The van der Waals surface area contributed by atoms with Crippen LogP contribution in [0, 0.1) is 0 Å². The molecule has 0 aliphatic rings. The number of hydrogen-bond acceptors (Lipinski definition) is 5. The van der Waals surface area contributed by atoms with Crippen molar-refractivity contribution in [3.05, 3.63) is 71.8 Å². The summed E-state index contributed by atoms with van der Waals surface area (Å²) >= 11 is 7.17. The number of hydrogen-bond donors (Lipinski definition) is 2. The van der Waals surface area contributed by atoms with Gasteiger partial charge in [-0.2, -0.15) is 0 Å². The van der Waals surface area contributed by atoms with Crippen LogP contribution in [0.5, 0.6) is 0 Å². The van der Waals surface area contributed by atoms with E-state index in [1.54, 1.807) is 30.3 Å². The molecule has 0 bridgehead atoms. The molecule has 1 aromatic heterocycles. The molecule has 1 heterocycles.